The van der Waals surface area contributed by atoms with Gasteiger partial charge in [0.25, 0.3) is 0 Å². The molecule has 2 amide bonds. The van der Waals surface area contributed by atoms with Gasteiger partial charge in [0.2, 0.25) is 0 Å². The molecule has 5 heteroatoms. The second-order valence-electron chi connectivity index (χ2n) is 4.06. The molecule has 0 bridgehead atoms. The summed E-state index contributed by atoms with van der Waals surface area (Å²) in [6, 6.07) is 11.1. The van der Waals surface area contributed by atoms with Crippen molar-refractivity contribution in [1.29, 1.82) is 0 Å². The molecule has 3 rings (SSSR count). The van der Waals surface area contributed by atoms with Crippen molar-refractivity contribution in [2.24, 2.45) is 0 Å². The number of hydrogen-bond acceptors (Lipinski definition) is 3. The van der Waals surface area contributed by atoms with E-state index in [1.54, 1.807) is 30.7 Å². The SMILES string of the molecule is O=C(Nc1cccnc1)N1C=Cc2ccccc2N1. The van der Waals surface area contributed by atoms with Crippen LogP contribution in [0.5, 0.6) is 0 Å². The van der Waals surface area contributed by atoms with Crippen LogP contribution in [0.1, 0.15) is 5.56 Å². The Labute approximate surface area is 110 Å². The average Bonchev–Trinajstić information content (AvgIpc) is 2.48. The Bertz CT molecular complexity index is 624. The minimum atomic E-state index is -0.265. The summed E-state index contributed by atoms with van der Waals surface area (Å²) in [6.45, 7) is 0. The number of rotatable bonds is 1. The number of aromatic nitrogens is 1. The first kappa shape index (κ1) is 11.3. The van der Waals surface area contributed by atoms with E-state index in [1.165, 1.54) is 5.01 Å². The van der Waals surface area contributed by atoms with Crippen molar-refractivity contribution in [1.82, 2.24) is 9.99 Å². The van der Waals surface area contributed by atoms with Crippen molar-refractivity contribution in [3.8, 4) is 0 Å². The molecule has 2 aromatic rings. The highest BCUT2D eigenvalue weighted by atomic mass is 16.2. The zero-order chi connectivity index (χ0) is 13.1. The van der Waals surface area contributed by atoms with Crippen LogP contribution in [-0.4, -0.2) is 16.0 Å². The summed E-state index contributed by atoms with van der Waals surface area (Å²) in [5, 5.41) is 4.15. The lowest BCUT2D eigenvalue weighted by Crippen LogP contribution is -2.36. The van der Waals surface area contributed by atoms with Crippen molar-refractivity contribution in [3.63, 3.8) is 0 Å². The van der Waals surface area contributed by atoms with Crippen molar-refractivity contribution < 1.29 is 4.79 Å². The number of carbonyl (C=O) groups excluding carboxylic acids is 1. The molecule has 94 valence electrons. The minimum absolute atomic E-state index is 0.265. The molecular formula is C14H12N4O. The topological polar surface area (TPSA) is 57.3 Å². The van der Waals surface area contributed by atoms with Crippen LogP contribution in [0.3, 0.4) is 0 Å². The van der Waals surface area contributed by atoms with Gasteiger partial charge in [-0.25, -0.2) is 9.80 Å². The molecule has 5 nitrogen and oxygen atoms in total. The highest BCUT2D eigenvalue weighted by Crippen LogP contribution is 2.22. The van der Waals surface area contributed by atoms with Gasteiger partial charge in [-0.2, -0.15) is 0 Å². The molecule has 1 aliphatic heterocycles. The van der Waals surface area contributed by atoms with E-state index in [-0.39, 0.29) is 6.03 Å². The third-order valence-electron chi connectivity index (χ3n) is 2.74. The van der Waals surface area contributed by atoms with Gasteiger partial charge in [0, 0.05) is 18.0 Å². The molecule has 0 unspecified atom stereocenters. The van der Waals surface area contributed by atoms with E-state index in [9.17, 15) is 4.79 Å². The Kier molecular flexibility index (Phi) is 2.86. The van der Waals surface area contributed by atoms with Crippen LogP contribution in [0, 0.1) is 0 Å². The van der Waals surface area contributed by atoms with Gasteiger partial charge in [0.1, 0.15) is 0 Å². The third kappa shape index (κ3) is 2.40. The molecule has 2 heterocycles. The molecule has 2 N–H and O–H groups in total. The van der Waals surface area contributed by atoms with E-state index in [1.807, 2.05) is 30.3 Å². The molecular weight excluding hydrogens is 240 g/mol. The number of benzene rings is 1. The van der Waals surface area contributed by atoms with Gasteiger partial charge in [-0.15, -0.1) is 0 Å². The summed E-state index contributed by atoms with van der Waals surface area (Å²) in [5.41, 5.74) is 5.63. The predicted octanol–water partition coefficient (Wildman–Crippen LogP) is 2.93. The van der Waals surface area contributed by atoms with Crippen LogP contribution in [0.15, 0.2) is 55.0 Å². The molecule has 1 aromatic heterocycles. The minimum Gasteiger partial charge on any atom is -0.305 e. The number of nitrogens with one attached hydrogen (secondary N) is 2. The molecule has 19 heavy (non-hydrogen) atoms. The number of hydrogen-bond donors (Lipinski definition) is 2. The highest BCUT2D eigenvalue weighted by Gasteiger charge is 2.15. The van der Waals surface area contributed by atoms with Crippen LogP contribution in [-0.2, 0) is 0 Å². The zero-order valence-corrected chi connectivity index (χ0v) is 10.1. The molecule has 0 fully saturated rings. The Morgan fingerprint density at radius 1 is 1.21 bits per heavy atom. The summed E-state index contributed by atoms with van der Waals surface area (Å²) in [4.78, 5) is 16.0. The number of fused-ring (bicyclic) bond motifs is 1. The van der Waals surface area contributed by atoms with Crippen LogP contribution in [0.4, 0.5) is 16.2 Å². The van der Waals surface area contributed by atoms with Crippen LogP contribution in [0.25, 0.3) is 6.08 Å². The first-order chi connectivity index (χ1) is 9.33. The van der Waals surface area contributed by atoms with E-state index < -0.39 is 0 Å². The molecule has 0 radical (unpaired) electrons. The number of nitrogens with zero attached hydrogens (tertiary/aromatic N) is 2. The van der Waals surface area contributed by atoms with Gasteiger partial charge < -0.3 is 5.32 Å². The van der Waals surface area contributed by atoms with Gasteiger partial charge >= 0.3 is 6.03 Å². The molecule has 0 spiro atoms. The van der Waals surface area contributed by atoms with E-state index in [0.29, 0.717) is 5.69 Å². The van der Waals surface area contributed by atoms with Crippen LogP contribution < -0.4 is 10.7 Å². The van der Waals surface area contributed by atoms with Crippen LogP contribution in [0.2, 0.25) is 0 Å². The van der Waals surface area contributed by atoms with Gasteiger partial charge in [-0.3, -0.25) is 10.4 Å². The quantitative estimate of drug-likeness (QED) is 0.820. The largest absolute Gasteiger partial charge is 0.344 e. The molecule has 1 aliphatic rings. The summed E-state index contributed by atoms with van der Waals surface area (Å²) in [7, 11) is 0. The van der Waals surface area contributed by atoms with E-state index in [4.69, 9.17) is 0 Å². The number of amides is 2. The monoisotopic (exact) mass is 252 g/mol. The summed E-state index contributed by atoms with van der Waals surface area (Å²) in [5.74, 6) is 0. The van der Waals surface area contributed by atoms with Gasteiger partial charge in [-0.05, 0) is 24.3 Å². The second kappa shape index (κ2) is 4.81. The first-order valence-electron chi connectivity index (χ1n) is 5.87. The summed E-state index contributed by atoms with van der Waals surface area (Å²) < 4.78 is 0. The van der Waals surface area contributed by atoms with Crippen molar-refractivity contribution >= 4 is 23.5 Å². The second-order valence-corrected chi connectivity index (χ2v) is 4.06. The fraction of sp³-hybridized carbons (Fsp3) is 0. The molecule has 0 aliphatic carbocycles. The fourth-order valence-corrected chi connectivity index (χ4v) is 1.80. The maximum atomic E-state index is 12.1. The molecule has 1 aromatic carbocycles. The Hall–Kier alpha value is -2.82. The number of para-hydroxylation sites is 1. The Morgan fingerprint density at radius 3 is 2.95 bits per heavy atom. The highest BCUT2D eigenvalue weighted by molar-refractivity contribution is 5.92. The van der Waals surface area contributed by atoms with Gasteiger partial charge in [-0.1, -0.05) is 18.2 Å². The van der Waals surface area contributed by atoms with Gasteiger partial charge in [0.05, 0.1) is 17.6 Å². The molecule has 0 saturated heterocycles. The lowest BCUT2D eigenvalue weighted by molar-refractivity contribution is 0.235. The van der Waals surface area contributed by atoms with E-state index in [0.717, 1.165) is 11.3 Å². The number of hydrazine groups is 1. The number of carbonyl (C=O) groups is 1. The summed E-state index contributed by atoms with van der Waals surface area (Å²) >= 11 is 0. The van der Waals surface area contributed by atoms with Crippen molar-refractivity contribution in [2.45, 2.75) is 0 Å². The maximum absolute atomic E-state index is 12.1. The van der Waals surface area contributed by atoms with Crippen LogP contribution >= 0.6 is 0 Å². The van der Waals surface area contributed by atoms with Gasteiger partial charge in [0.15, 0.2) is 0 Å². The standard InChI is InChI=1S/C14H12N4O/c19-14(16-12-5-3-8-15-10-12)18-9-7-11-4-1-2-6-13(11)17-18/h1-10,17H,(H,16,19). The average molecular weight is 252 g/mol. The normalized spacial score (nSPS) is 12.5. The lowest BCUT2D eigenvalue weighted by Gasteiger charge is -2.25. The van der Waals surface area contributed by atoms with E-state index >= 15 is 0 Å². The zero-order valence-electron chi connectivity index (χ0n) is 10.1. The van der Waals surface area contributed by atoms with E-state index in [2.05, 4.69) is 15.7 Å². The maximum Gasteiger partial charge on any atom is 0.344 e. The van der Waals surface area contributed by atoms with Crippen molar-refractivity contribution in [2.75, 3.05) is 10.7 Å². The molecule has 0 saturated carbocycles. The first-order valence-corrected chi connectivity index (χ1v) is 5.87. The predicted molar refractivity (Wildman–Crippen MR) is 74.2 cm³/mol. The number of anilines is 2. The van der Waals surface area contributed by atoms with Crippen molar-refractivity contribution in [3.05, 3.63) is 60.6 Å². The third-order valence-corrected chi connectivity index (χ3v) is 2.74. The smallest absolute Gasteiger partial charge is 0.305 e. The Morgan fingerprint density at radius 2 is 2.11 bits per heavy atom. The number of urea groups is 1. The lowest BCUT2D eigenvalue weighted by atomic mass is 10.1. The summed E-state index contributed by atoms with van der Waals surface area (Å²) in [6.07, 6.45) is 6.83. The fourth-order valence-electron chi connectivity index (χ4n) is 1.80. The Balaban J connectivity index is 1.73. The number of pyridine rings is 1. The molecule has 0 atom stereocenters.